The number of benzene rings is 1. The van der Waals surface area contributed by atoms with Gasteiger partial charge in [0.25, 0.3) is 5.91 Å². The molecule has 0 saturated heterocycles. The molecule has 0 radical (unpaired) electrons. The predicted molar refractivity (Wildman–Crippen MR) is 86.5 cm³/mol. The van der Waals surface area contributed by atoms with Crippen LogP contribution in [0.5, 0.6) is 0 Å². The Morgan fingerprint density at radius 2 is 1.61 bits per heavy atom. The molecule has 0 fully saturated rings. The molecule has 6 nitrogen and oxygen atoms in total. The Hall–Kier alpha value is -2.37. The van der Waals surface area contributed by atoms with E-state index in [1.54, 1.807) is 0 Å². The molecule has 1 atom stereocenters. The van der Waals surface area contributed by atoms with Gasteiger partial charge in [0.1, 0.15) is 0 Å². The second-order valence-corrected chi connectivity index (χ2v) is 5.58. The van der Waals surface area contributed by atoms with E-state index in [0.29, 0.717) is 0 Å². The van der Waals surface area contributed by atoms with Crippen LogP contribution >= 0.6 is 0 Å². The summed E-state index contributed by atoms with van der Waals surface area (Å²) < 4.78 is 4.81. The lowest BCUT2D eigenvalue weighted by atomic mass is 10.1. The molecule has 2 N–H and O–H groups in total. The van der Waals surface area contributed by atoms with Crippen LogP contribution in [-0.2, 0) is 19.1 Å². The molecule has 0 spiro atoms. The van der Waals surface area contributed by atoms with Crippen molar-refractivity contribution in [1.29, 1.82) is 0 Å². The van der Waals surface area contributed by atoms with Gasteiger partial charge in [-0.2, -0.15) is 0 Å². The number of hydrogen-bond donors (Lipinski definition) is 2. The Morgan fingerprint density at radius 1 is 0.957 bits per heavy atom. The Morgan fingerprint density at radius 3 is 2.22 bits per heavy atom. The van der Waals surface area contributed by atoms with Crippen LogP contribution in [-0.4, -0.2) is 30.4 Å². The molecule has 0 aliphatic rings. The van der Waals surface area contributed by atoms with Gasteiger partial charge >= 0.3 is 5.97 Å². The van der Waals surface area contributed by atoms with E-state index in [4.69, 9.17) is 4.74 Å². The van der Waals surface area contributed by atoms with Crippen molar-refractivity contribution in [2.75, 3.05) is 6.61 Å². The number of carbonyl (C=O) groups excluding carboxylic acids is 3. The van der Waals surface area contributed by atoms with Crippen molar-refractivity contribution in [2.24, 2.45) is 0 Å². The number of esters is 1. The molecule has 0 saturated carbocycles. The summed E-state index contributed by atoms with van der Waals surface area (Å²) in [5.74, 6) is -1.15. The van der Waals surface area contributed by atoms with Crippen LogP contribution in [0.1, 0.15) is 45.2 Å². The quantitative estimate of drug-likeness (QED) is 0.714. The second-order valence-electron chi connectivity index (χ2n) is 5.58. The van der Waals surface area contributed by atoms with E-state index in [-0.39, 0.29) is 43.3 Å². The van der Waals surface area contributed by atoms with Crippen LogP contribution in [0, 0.1) is 0 Å². The Labute approximate surface area is 136 Å². The van der Waals surface area contributed by atoms with Crippen LogP contribution < -0.4 is 10.6 Å². The maximum Gasteiger partial charge on any atom is 0.306 e. The van der Waals surface area contributed by atoms with Crippen molar-refractivity contribution in [3.8, 4) is 0 Å². The molecule has 0 aromatic heterocycles. The SMILES string of the molecule is CC(C)NC(=O)COC(=O)CCC(=O)NC(C)c1ccccc1. The van der Waals surface area contributed by atoms with Crippen LogP contribution in [0.2, 0.25) is 0 Å². The molecule has 0 aliphatic heterocycles. The molecule has 1 unspecified atom stereocenters. The molecule has 126 valence electrons. The highest BCUT2D eigenvalue weighted by Gasteiger charge is 2.13. The van der Waals surface area contributed by atoms with Crippen molar-refractivity contribution < 1.29 is 19.1 Å². The Bertz CT molecular complexity index is 529. The van der Waals surface area contributed by atoms with E-state index in [1.165, 1.54) is 0 Å². The van der Waals surface area contributed by atoms with Crippen LogP contribution in [0.3, 0.4) is 0 Å². The van der Waals surface area contributed by atoms with Gasteiger partial charge < -0.3 is 15.4 Å². The molecule has 23 heavy (non-hydrogen) atoms. The number of nitrogens with one attached hydrogen (secondary N) is 2. The lowest BCUT2D eigenvalue weighted by molar-refractivity contribution is -0.149. The molecule has 0 aliphatic carbocycles. The smallest absolute Gasteiger partial charge is 0.306 e. The van der Waals surface area contributed by atoms with Crippen molar-refractivity contribution in [2.45, 2.75) is 45.7 Å². The van der Waals surface area contributed by atoms with E-state index in [0.717, 1.165) is 5.56 Å². The molecule has 6 heteroatoms. The topological polar surface area (TPSA) is 84.5 Å². The summed E-state index contributed by atoms with van der Waals surface area (Å²) in [6, 6.07) is 9.42. The lowest BCUT2D eigenvalue weighted by Crippen LogP contribution is -2.34. The third kappa shape index (κ3) is 7.99. The predicted octanol–water partition coefficient (Wildman–Crippen LogP) is 1.71. The number of rotatable bonds is 8. The fraction of sp³-hybridized carbons (Fsp3) is 0.471. The number of ether oxygens (including phenoxy) is 1. The summed E-state index contributed by atoms with van der Waals surface area (Å²) >= 11 is 0. The molecule has 1 rings (SSSR count). The van der Waals surface area contributed by atoms with Crippen LogP contribution in [0.15, 0.2) is 30.3 Å². The monoisotopic (exact) mass is 320 g/mol. The first-order valence-corrected chi connectivity index (χ1v) is 7.67. The minimum absolute atomic E-state index is 0.00791. The Balaban J connectivity index is 2.25. The van der Waals surface area contributed by atoms with E-state index in [1.807, 2.05) is 51.1 Å². The molecule has 1 aromatic rings. The highest BCUT2D eigenvalue weighted by Crippen LogP contribution is 2.11. The van der Waals surface area contributed by atoms with Crippen molar-refractivity contribution in [3.05, 3.63) is 35.9 Å². The minimum atomic E-state index is -0.563. The van der Waals surface area contributed by atoms with E-state index >= 15 is 0 Å². The summed E-state index contributed by atoms with van der Waals surface area (Å²) in [7, 11) is 0. The van der Waals surface area contributed by atoms with Gasteiger partial charge in [0.15, 0.2) is 6.61 Å². The number of hydrogen-bond acceptors (Lipinski definition) is 4. The zero-order valence-electron chi connectivity index (χ0n) is 13.8. The first kappa shape index (κ1) is 18.7. The van der Waals surface area contributed by atoms with Crippen LogP contribution in [0.4, 0.5) is 0 Å². The third-order valence-corrected chi connectivity index (χ3v) is 3.05. The van der Waals surface area contributed by atoms with Crippen molar-refractivity contribution in [1.82, 2.24) is 10.6 Å². The lowest BCUT2D eigenvalue weighted by Gasteiger charge is -2.14. The minimum Gasteiger partial charge on any atom is -0.456 e. The van der Waals surface area contributed by atoms with Gasteiger partial charge in [-0.3, -0.25) is 14.4 Å². The number of amides is 2. The van der Waals surface area contributed by atoms with Gasteiger partial charge in [0.2, 0.25) is 5.91 Å². The first-order valence-electron chi connectivity index (χ1n) is 7.67. The molecule has 1 aromatic carbocycles. The zero-order valence-corrected chi connectivity index (χ0v) is 13.8. The summed E-state index contributed by atoms with van der Waals surface area (Å²) in [6.45, 7) is 5.19. The molecule has 0 heterocycles. The maximum atomic E-state index is 11.8. The van der Waals surface area contributed by atoms with Gasteiger partial charge in [0, 0.05) is 12.5 Å². The van der Waals surface area contributed by atoms with Gasteiger partial charge in [-0.15, -0.1) is 0 Å². The van der Waals surface area contributed by atoms with Crippen molar-refractivity contribution >= 4 is 17.8 Å². The van der Waals surface area contributed by atoms with Gasteiger partial charge in [-0.1, -0.05) is 30.3 Å². The highest BCUT2D eigenvalue weighted by molar-refractivity contribution is 5.83. The molecular formula is C17H24N2O4. The average molecular weight is 320 g/mol. The molecule has 2 amide bonds. The highest BCUT2D eigenvalue weighted by atomic mass is 16.5. The zero-order chi connectivity index (χ0) is 17.2. The molecular weight excluding hydrogens is 296 g/mol. The van der Waals surface area contributed by atoms with Crippen LogP contribution in [0.25, 0.3) is 0 Å². The van der Waals surface area contributed by atoms with E-state index in [9.17, 15) is 14.4 Å². The van der Waals surface area contributed by atoms with Gasteiger partial charge in [0.05, 0.1) is 12.5 Å². The molecule has 0 bridgehead atoms. The number of carbonyl (C=O) groups is 3. The summed E-state index contributed by atoms with van der Waals surface area (Å²) in [4.78, 5) is 34.7. The summed E-state index contributed by atoms with van der Waals surface area (Å²) in [5.41, 5.74) is 0.994. The summed E-state index contributed by atoms with van der Waals surface area (Å²) in [5, 5.41) is 5.43. The van der Waals surface area contributed by atoms with E-state index < -0.39 is 5.97 Å². The Kier molecular flexibility index (Phi) is 7.80. The first-order chi connectivity index (χ1) is 10.9. The second kappa shape index (κ2) is 9.61. The average Bonchev–Trinajstić information content (AvgIpc) is 2.51. The third-order valence-electron chi connectivity index (χ3n) is 3.05. The fourth-order valence-electron chi connectivity index (χ4n) is 1.94. The van der Waals surface area contributed by atoms with Gasteiger partial charge in [-0.25, -0.2) is 0 Å². The largest absolute Gasteiger partial charge is 0.456 e. The van der Waals surface area contributed by atoms with Gasteiger partial charge in [-0.05, 0) is 26.3 Å². The van der Waals surface area contributed by atoms with Crippen molar-refractivity contribution in [3.63, 3.8) is 0 Å². The fourth-order valence-corrected chi connectivity index (χ4v) is 1.94. The maximum absolute atomic E-state index is 11.8. The summed E-state index contributed by atoms with van der Waals surface area (Å²) in [6.07, 6.45) is -0.0237. The normalized spacial score (nSPS) is 11.7. The standard InChI is InChI=1S/C17H24N2O4/c1-12(2)18-16(21)11-23-17(22)10-9-15(20)19-13(3)14-7-5-4-6-8-14/h4-8,12-13H,9-11H2,1-3H3,(H,18,21)(H,19,20). The van der Waals surface area contributed by atoms with E-state index in [2.05, 4.69) is 10.6 Å².